The molecule has 0 radical (unpaired) electrons. The zero-order valence-electron chi connectivity index (χ0n) is 15.9. The van der Waals surface area contributed by atoms with E-state index in [1.807, 2.05) is 42.5 Å². The Morgan fingerprint density at radius 3 is 2.59 bits per heavy atom. The largest absolute Gasteiger partial charge is 0.493 e. The second-order valence-corrected chi connectivity index (χ2v) is 6.27. The van der Waals surface area contributed by atoms with Crippen molar-refractivity contribution in [2.75, 3.05) is 7.11 Å². The number of carbonyl (C=O) groups excluding carboxylic acids is 1. The number of nitrogens with one attached hydrogen (secondary N) is 1. The fourth-order valence-electron chi connectivity index (χ4n) is 2.81. The SMILES string of the molecule is COc1cc(CNC(=O)CCc2ccc(-c3ccccc3)o2)ccc1OC(F)F. The first kappa shape index (κ1) is 20.4. The van der Waals surface area contributed by atoms with Gasteiger partial charge in [0, 0.05) is 24.9 Å². The van der Waals surface area contributed by atoms with Crippen LogP contribution in [0.25, 0.3) is 11.3 Å². The molecule has 0 aliphatic rings. The van der Waals surface area contributed by atoms with Gasteiger partial charge in [-0.15, -0.1) is 0 Å². The molecular weight excluding hydrogens is 380 g/mol. The summed E-state index contributed by atoms with van der Waals surface area (Å²) in [6, 6.07) is 18.0. The number of carbonyl (C=O) groups is 1. The lowest BCUT2D eigenvalue weighted by atomic mass is 10.2. The van der Waals surface area contributed by atoms with E-state index in [-0.39, 0.29) is 30.4 Å². The Labute approximate surface area is 167 Å². The molecule has 5 nitrogen and oxygen atoms in total. The van der Waals surface area contributed by atoms with Crippen molar-refractivity contribution in [3.63, 3.8) is 0 Å². The summed E-state index contributed by atoms with van der Waals surface area (Å²) >= 11 is 0. The highest BCUT2D eigenvalue weighted by Crippen LogP contribution is 2.29. The number of rotatable bonds is 9. The number of halogens is 2. The fourth-order valence-corrected chi connectivity index (χ4v) is 2.81. The molecule has 0 atom stereocenters. The molecule has 152 valence electrons. The molecule has 1 heterocycles. The van der Waals surface area contributed by atoms with E-state index < -0.39 is 6.61 Å². The van der Waals surface area contributed by atoms with E-state index in [9.17, 15) is 13.6 Å². The number of aryl methyl sites for hydroxylation is 1. The summed E-state index contributed by atoms with van der Waals surface area (Å²) in [6.45, 7) is -2.68. The van der Waals surface area contributed by atoms with Gasteiger partial charge in [-0.3, -0.25) is 4.79 Å². The maximum atomic E-state index is 12.4. The molecular formula is C22H21F2NO4. The molecule has 3 aromatic rings. The van der Waals surface area contributed by atoms with Crippen molar-refractivity contribution >= 4 is 5.91 Å². The Morgan fingerprint density at radius 2 is 1.86 bits per heavy atom. The Kier molecular flexibility index (Phi) is 6.84. The molecule has 7 heteroatoms. The van der Waals surface area contributed by atoms with Crippen molar-refractivity contribution in [2.24, 2.45) is 0 Å². The van der Waals surface area contributed by atoms with Gasteiger partial charge >= 0.3 is 6.61 Å². The lowest BCUT2D eigenvalue weighted by Crippen LogP contribution is -2.23. The van der Waals surface area contributed by atoms with Crippen LogP contribution in [0.1, 0.15) is 17.7 Å². The third-order valence-corrected chi connectivity index (χ3v) is 4.25. The Hall–Kier alpha value is -3.35. The number of methoxy groups -OCH3 is 1. The minimum atomic E-state index is -2.93. The quantitative estimate of drug-likeness (QED) is 0.559. The predicted octanol–water partition coefficient (Wildman–Crippen LogP) is 4.81. The molecule has 0 spiro atoms. The van der Waals surface area contributed by atoms with E-state index in [0.717, 1.165) is 17.1 Å². The maximum Gasteiger partial charge on any atom is 0.387 e. The number of ether oxygens (including phenoxy) is 2. The molecule has 2 aromatic carbocycles. The van der Waals surface area contributed by atoms with Crippen LogP contribution >= 0.6 is 0 Å². The molecule has 0 bridgehead atoms. The summed E-state index contributed by atoms with van der Waals surface area (Å²) in [7, 11) is 1.36. The predicted molar refractivity (Wildman–Crippen MR) is 104 cm³/mol. The number of hydrogen-bond acceptors (Lipinski definition) is 4. The average molecular weight is 401 g/mol. The second-order valence-electron chi connectivity index (χ2n) is 6.27. The van der Waals surface area contributed by atoms with Gasteiger partial charge in [-0.25, -0.2) is 0 Å². The molecule has 1 N–H and O–H groups in total. The molecule has 1 aromatic heterocycles. The van der Waals surface area contributed by atoms with Crippen molar-refractivity contribution < 1.29 is 27.5 Å². The average Bonchev–Trinajstić information content (AvgIpc) is 3.21. The monoisotopic (exact) mass is 401 g/mol. The van der Waals surface area contributed by atoms with Gasteiger partial charge in [0.2, 0.25) is 5.91 Å². The normalized spacial score (nSPS) is 10.8. The van der Waals surface area contributed by atoms with Gasteiger partial charge in [0.25, 0.3) is 0 Å². The smallest absolute Gasteiger partial charge is 0.387 e. The lowest BCUT2D eigenvalue weighted by molar-refractivity contribution is -0.121. The van der Waals surface area contributed by atoms with E-state index in [2.05, 4.69) is 10.1 Å². The number of benzene rings is 2. The highest BCUT2D eigenvalue weighted by atomic mass is 19.3. The van der Waals surface area contributed by atoms with E-state index in [1.165, 1.54) is 13.2 Å². The van der Waals surface area contributed by atoms with Crippen LogP contribution in [0.3, 0.4) is 0 Å². The van der Waals surface area contributed by atoms with Gasteiger partial charge in [-0.05, 0) is 29.8 Å². The van der Waals surface area contributed by atoms with Crippen LogP contribution in [-0.2, 0) is 17.8 Å². The van der Waals surface area contributed by atoms with E-state index in [1.54, 1.807) is 12.1 Å². The minimum absolute atomic E-state index is 0.0513. The molecule has 0 unspecified atom stereocenters. The zero-order chi connectivity index (χ0) is 20.6. The van der Waals surface area contributed by atoms with Crippen LogP contribution in [0.4, 0.5) is 8.78 Å². The van der Waals surface area contributed by atoms with Crippen molar-refractivity contribution in [2.45, 2.75) is 26.0 Å². The molecule has 3 rings (SSSR count). The van der Waals surface area contributed by atoms with Gasteiger partial charge in [-0.2, -0.15) is 8.78 Å². The molecule has 0 aliphatic heterocycles. The maximum absolute atomic E-state index is 12.4. The number of amides is 1. The first-order valence-corrected chi connectivity index (χ1v) is 9.07. The van der Waals surface area contributed by atoms with Crippen molar-refractivity contribution in [3.8, 4) is 22.8 Å². The fraction of sp³-hybridized carbons (Fsp3) is 0.227. The number of furan rings is 1. The molecule has 1 amide bonds. The first-order chi connectivity index (χ1) is 14.0. The van der Waals surface area contributed by atoms with Gasteiger partial charge in [-0.1, -0.05) is 36.4 Å². The van der Waals surface area contributed by atoms with Crippen molar-refractivity contribution in [1.82, 2.24) is 5.32 Å². The van der Waals surface area contributed by atoms with Gasteiger partial charge in [0.05, 0.1) is 7.11 Å². The summed E-state index contributed by atoms with van der Waals surface area (Å²) in [6.07, 6.45) is 0.745. The number of hydrogen-bond donors (Lipinski definition) is 1. The number of alkyl halides is 2. The standard InChI is InChI=1S/C22H21F2NO4/c1-27-20-13-15(7-10-19(20)29-22(23)24)14-25-21(26)12-9-17-8-11-18(28-17)16-5-3-2-4-6-16/h2-8,10-11,13,22H,9,12,14H2,1H3,(H,25,26). The van der Waals surface area contributed by atoms with Crippen LogP contribution in [0, 0.1) is 0 Å². The van der Waals surface area contributed by atoms with Crippen LogP contribution in [0.15, 0.2) is 65.1 Å². The molecule has 0 saturated heterocycles. The third-order valence-electron chi connectivity index (χ3n) is 4.25. The lowest BCUT2D eigenvalue weighted by Gasteiger charge is -2.12. The highest BCUT2D eigenvalue weighted by molar-refractivity contribution is 5.76. The zero-order valence-corrected chi connectivity index (χ0v) is 15.9. The first-order valence-electron chi connectivity index (χ1n) is 9.07. The van der Waals surface area contributed by atoms with Crippen LogP contribution < -0.4 is 14.8 Å². The molecule has 0 saturated carbocycles. The Morgan fingerprint density at radius 1 is 1.07 bits per heavy atom. The van der Waals surface area contributed by atoms with Crippen molar-refractivity contribution in [1.29, 1.82) is 0 Å². The Bertz CT molecular complexity index is 941. The van der Waals surface area contributed by atoms with E-state index in [0.29, 0.717) is 12.0 Å². The third kappa shape index (κ3) is 5.81. The summed E-state index contributed by atoms with van der Waals surface area (Å²) < 4.78 is 40.0. The molecule has 0 aliphatic carbocycles. The second kappa shape index (κ2) is 9.73. The van der Waals surface area contributed by atoms with Crippen molar-refractivity contribution in [3.05, 3.63) is 72.0 Å². The summed E-state index contributed by atoms with van der Waals surface area (Å²) in [4.78, 5) is 12.1. The minimum Gasteiger partial charge on any atom is -0.493 e. The highest BCUT2D eigenvalue weighted by Gasteiger charge is 2.12. The summed E-state index contributed by atoms with van der Waals surface area (Å²) in [5, 5.41) is 2.79. The van der Waals surface area contributed by atoms with Gasteiger partial charge < -0.3 is 19.2 Å². The molecule has 0 fully saturated rings. The van der Waals surface area contributed by atoms with Crippen LogP contribution in [-0.4, -0.2) is 19.6 Å². The van der Waals surface area contributed by atoms with E-state index >= 15 is 0 Å². The topological polar surface area (TPSA) is 60.7 Å². The van der Waals surface area contributed by atoms with Crippen LogP contribution in [0.2, 0.25) is 0 Å². The van der Waals surface area contributed by atoms with Gasteiger partial charge in [0.1, 0.15) is 11.5 Å². The van der Waals surface area contributed by atoms with E-state index in [4.69, 9.17) is 9.15 Å². The van der Waals surface area contributed by atoms with Gasteiger partial charge in [0.15, 0.2) is 11.5 Å². The summed E-state index contributed by atoms with van der Waals surface area (Å²) in [5.74, 6) is 1.48. The van der Waals surface area contributed by atoms with Crippen LogP contribution in [0.5, 0.6) is 11.5 Å². The molecule has 29 heavy (non-hydrogen) atoms. The summed E-state index contributed by atoms with van der Waals surface area (Å²) in [5.41, 5.74) is 1.69. The Balaban J connectivity index is 1.50.